The number of thiazole rings is 1. The van der Waals surface area contributed by atoms with Crippen molar-refractivity contribution >= 4 is 28.9 Å². The molecule has 9 nitrogen and oxygen atoms in total. The van der Waals surface area contributed by atoms with Crippen molar-refractivity contribution in [3.8, 4) is 22.4 Å². The molecule has 3 aromatic rings. The van der Waals surface area contributed by atoms with Crippen molar-refractivity contribution in [2.45, 2.75) is 18.8 Å². The molecule has 0 radical (unpaired) electrons. The molecule has 2 heterocycles. The van der Waals surface area contributed by atoms with Gasteiger partial charge in [-0.25, -0.2) is 4.98 Å². The van der Waals surface area contributed by atoms with E-state index in [0.29, 0.717) is 39.9 Å². The highest BCUT2D eigenvalue weighted by atomic mass is 32.1. The average molecular weight is 388 g/mol. The Kier molecular flexibility index (Phi) is 4.48. The summed E-state index contributed by atoms with van der Waals surface area (Å²) in [5.41, 5.74) is 7.81. The second kappa shape index (κ2) is 6.95. The van der Waals surface area contributed by atoms with Crippen LogP contribution in [0.2, 0.25) is 0 Å². The number of aromatic nitrogens is 4. The van der Waals surface area contributed by atoms with E-state index in [9.17, 15) is 0 Å². The number of methoxy groups -OCH3 is 3. The number of hydrogen-bond acceptors (Lipinski definition) is 9. The van der Waals surface area contributed by atoms with Gasteiger partial charge < -0.3 is 25.3 Å². The van der Waals surface area contributed by atoms with E-state index in [4.69, 9.17) is 19.9 Å². The van der Waals surface area contributed by atoms with E-state index in [1.165, 1.54) is 28.9 Å². The van der Waals surface area contributed by atoms with Gasteiger partial charge in [0.2, 0.25) is 22.8 Å². The third kappa shape index (κ3) is 3.35. The molecule has 0 bridgehead atoms. The van der Waals surface area contributed by atoms with Gasteiger partial charge in [-0.1, -0.05) is 0 Å². The minimum absolute atomic E-state index is 0.265. The van der Waals surface area contributed by atoms with Gasteiger partial charge in [-0.15, -0.1) is 16.4 Å². The van der Waals surface area contributed by atoms with E-state index < -0.39 is 0 Å². The number of benzene rings is 1. The van der Waals surface area contributed by atoms with Crippen LogP contribution in [0.5, 0.6) is 17.2 Å². The first-order chi connectivity index (χ1) is 13.1. The minimum atomic E-state index is 0.265. The second-order valence-corrected chi connectivity index (χ2v) is 6.91. The predicted octanol–water partition coefficient (Wildman–Crippen LogP) is 2.95. The van der Waals surface area contributed by atoms with Crippen LogP contribution >= 0.6 is 11.3 Å². The molecule has 142 valence electrons. The Morgan fingerprint density at radius 3 is 2.41 bits per heavy atom. The topological polar surface area (TPSA) is 109 Å². The Hall–Kier alpha value is -3.01. The number of rotatable bonds is 7. The fourth-order valence-electron chi connectivity index (χ4n) is 2.74. The first-order valence-electron chi connectivity index (χ1n) is 8.38. The third-order valence-electron chi connectivity index (χ3n) is 4.24. The minimum Gasteiger partial charge on any atom is -0.493 e. The van der Waals surface area contributed by atoms with Crippen molar-refractivity contribution in [3.63, 3.8) is 0 Å². The maximum Gasteiger partial charge on any atom is 0.248 e. The molecule has 1 fully saturated rings. The molecule has 1 aromatic carbocycles. The lowest BCUT2D eigenvalue weighted by Gasteiger charge is -2.14. The zero-order valence-electron chi connectivity index (χ0n) is 15.2. The summed E-state index contributed by atoms with van der Waals surface area (Å²) in [6, 6.07) is 3.54. The predicted molar refractivity (Wildman–Crippen MR) is 103 cm³/mol. The van der Waals surface area contributed by atoms with Gasteiger partial charge >= 0.3 is 0 Å². The lowest BCUT2D eigenvalue weighted by Crippen LogP contribution is -2.02. The van der Waals surface area contributed by atoms with Crippen molar-refractivity contribution < 1.29 is 14.2 Å². The molecule has 4 rings (SSSR count). The van der Waals surface area contributed by atoms with Crippen molar-refractivity contribution in [1.82, 2.24) is 19.7 Å². The first-order valence-corrected chi connectivity index (χ1v) is 9.26. The molecule has 27 heavy (non-hydrogen) atoms. The molecule has 1 aliphatic rings. The molecule has 1 saturated carbocycles. The number of nitrogens with zero attached hydrogens (tertiary/aromatic N) is 4. The quantitative estimate of drug-likeness (QED) is 0.636. The summed E-state index contributed by atoms with van der Waals surface area (Å²) >= 11 is 1.51. The first kappa shape index (κ1) is 17.4. The smallest absolute Gasteiger partial charge is 0.248 e. The molecule has 2 aromatic heterocycles. The molecular weight excluding hydrogens is 368 g/mol. The number of nitrogen functional groups attached to an aromatic ring is 1. The van der Waals surface area contributed by atoms with Gasteiger partial charge in [0.05, 0.1) is 27.0 Å². The molecule has 0 unspecified atom stereocenters. The molecule has 0 spiro atoms. The molecule has 0 atom stereocenters. The summed E-state index contributed by atoms with van der Waals surface area (Å²) in [6.45, 7) is 0. The fraction of sp³-hybridized carbons (Fsp3) is 0.353. The highest BCUT2D eigenvalue weighted by molar-refractivity contribution is 7.12. The highest BCUT2D eigenvalue weighted by Gasteiger charge is 2.27. The Labute approximate surface area is 160 Å². The van der Waals surface area contributed by atoms with E-state index in [2.05, 4.69) is 25.8 Å². The van der Waals surface area contributed by atoms with Crippen LogP contribution in [-0.2, 0) is 0 Å². The van der Waals surface area contributed by atoms with E-state index in [1.54, 1.807) is 33.5 Å². The average Bonchev–Trinajstić information content (AvgIpc) is 3.30. The lowest BCUT2D eigenvalue weighted by molar-refractivity contribution is 0.324. The largest absolute Gasteiger partial charge is 0.493 e. The van der Waals surface area contributed by atoms with Crippen LogP contribution in [0, 0.1) is 0 Å². The standard InChI is InChI=1S/C17H20N6O3S/c1-24-12-6-10(7-13(25-2)14(12)26-3)19-16-21-15(18)23(22-16)17-20-11(8-27-17)9-4-5-9/h6-9H,4-5H2,1-3H3,(H3,18,19,21,22). The summed E-state index contributed by atoms with van der Waals surface area (Å²) < 4.78 is 17.6. The summed E-state index contributed by atoms with van der Waals surface area (Å²) in [4.78, 5) is 8.89. The second-order valence-electron chi connectivity index (χ2n) is 6.07. The van der Waals surface area contributed by atoms with Gasteiger partial charge in [0.25, 0.3) is 0 Å². The van der Waals surface area contributed by atoms with Crippen LogP contribution in [0.1, 0.15) is 24.5 Å². The number of nitrogens with one attached hydrogen (secondary N) is 1. The number of nitrogens with two attached hydrogens (primary N) is 1. The number of anilines is 3. The van der Waals surface area contributed by atoms with Gasteiger partial charge in [-0.05, 0) is 12.8 Å². The molecule has 0 saturated heterocycles. The van der Waals surface area contributed by atoms with Crippen LogP contribution in [-0.4, -0.2) is 41.1 Å². The van der Waals surface area contributed by atoms with E-state index in [0.717, 1.165) is 5.69 Å². The zero-order valence-corrected chi connectivity index (χ0v) is 16.0. The van der Waals surface area contributed by atoms with E-state index >= 15 is 0 Å². The summed E-state index contributed by atoms with van der Waals surface area (Å²) in [7, 11) is 4.68. The normalized spacial score (nSPS) is 13.4. The maximum absolute atomic E-state index is 6.03. The highest BCUT2D eigenvalue weighted by Crippen LogP contribution is 2.41. The van der Waals surface area contributed by atoms with Gasteiger partial charge in [0.1, 0.15) is 0 Å². The van der Waals surface area contributed by atoms with Crippen LogP contribution < -0.4 is 25.3 Å². The van der Waals surface area contributed by atoms with Crippen LogP contribution in [0.15, 0.2) is 17.5 Å². The number of hydrogen-bond donors (Lipinski definition) is 2. The maximum atomic E-state index is 6.03. The van der Waals surface area contributed by atoms with Crippen molar-refractivity contribution in [1.29, 1.82) is 0 Å². The van der Waals surface area contributed by atoms with Gasteiger partial charge in [-0.2, -0.15) is 9.67 Å². The van der Waals surface area contributed by atoms with Gasteiger partial charge in [-0.3, -0.25) is 0 Å². The van der Waals surface area contributed by atoms with Crippen molar-refractivity contribution in [2.75, 3.05) is 32.4 Å². The molecule has 3 N–H and O–H groups in total. The SMILES string of the molecule is COc1cc(Nc2nc(N)n(-c3nc(C4CC4)cs3)n2)cc(OC)c1OC. The van der Waals surface area contributed by atoms with Crippen LogP contribution in [0.4, 0.5) is 17.6 Å². The Morgan fingerprint density at radius 2 is 1.81 bits per heavy atom. The molecule has 0 amide bonds. The fourth-order valence-corrected chi connectivity index (χ4v) is 3.60. The third-order valence-corrected chi connectivity index (χ3v) is 5.07. The zero-order chi connectivity index (χ0) is 19.0. The molecular formula is C17H20N6O3S. The van der Waals surface area contributed by atoms with Gasteiger partial charge in [0, 0.05) is 29.1 Å². The van der Waals surface area contributed by atoms with Crippen molar-refractivity contribution in [2.24, 2.45) is 0 Å². The molecule has 0 aliphatic heterocycles. The van der Waals surface area contributed by atoms with E-state index in [1.807, 2.05) is 0 Å². The Balaban J connectivity index is 1.61. The molecule has 10 heteroatoms. The monoisotopic (exact) mass is 388 g/mol. The Morgan fingerprint density at radius 1 is 1.11 bits per heavy atom. The van der Waals surface area contributed by atoms with Crippen LogP contribution in [0.3, 0.4) is 0 Å². The van der Waals surface area contributed by atoms with Crippen molar-refractivity contribution in [3.05, 3.63) is 23.2 Å². The van der Waals surface area contributed by atoms with Crippen LogP contribution in [0.25, 0.3) is 5.13 Å². The van der Waals surface area contributed by atoms with Gasteiger partial charge in [0.15, 0.2) is 11.5 Å². The summed E-state index contributed by atoms with van der Waals surface area (Å²) in [5, 5.41) is 10.3. The summed E-state index contributed by atoms with van der Waals surface area (Å²) in [5.74, 6) is 2.77. The number of ether oxygens (including phenoxy) is 3. The van der Waals surface area contributed by atoms with E-state index in [-0.39, 0.29) is 5.95 Å². The lowest BCUT2D eigenvalue weighted by atomic mass is 10.2. The Bertz CT molecular complexity index is 940. The molecule has 1 aliphatic carbocycles. The summed E-state index contributed by atoms with van der Waals surface area (Å²) in [6.07, 6.45) is 2.40.